The van der Waals surface area contributed by atoms with Crippen LogP contribution >= 0.6 is 0 Å². The number of benzene rings is 1. The molecule has 0 saturated carbocycles. The topological polar surface area (TPSA) is 6.48 Å². The van der Waals surface area contributed by atoms with Crippen LogP contribution in [0.15, 0.2) is 24.3 Å². The minimum Gasteiger partial charge on any atom is -1.00 e. The predicted molar refractivity (Wildman–Crippen MR) is 94.0 cm³/mol. The SMILES string of the molecule is CC(C)N1CCN(C(C)C)[C]1=[Ru+2].Cc1ccc(C(C)C)cc1.[Cl-].[Cl-]. The Bertz CT molecular complexity index is 455. The minimum absolute atomic E-state index is 0. The number of rotatable bonds is 3. The fraction of sp³-hybridized carbons (Fsp3) is 0.632. The summed E-state index contributed by atoms with van der Waals surface area (Å²) >= 11 is 2.76. The summed E-state index contributed by atoms with van der Waals surface area (Å²) in [6, 6.07) is 9.97. The van der Waals surface area contributed by atoms with Crippen molar-refractivity contribution in [3.05, 3.63) is 35.4 Å². The number of halogens is 2. The standard InChI is InChI=1S/C10H14.C9H18N2.2ClH.Ru/c1-8(2)10-6-4-9(3)5-7-10;1-8(2)10-5-6-11(7-10)9(3)4;;;/h4-8H,1-3H3;8-9H,5-6H2,1-4H3;2*1H;/q;;;;+2/p-2. The molecule has 24 heavy (non-hydrogen) atoms. The van der Waals surface area contributed by atoms with Crippen LogP contribution in [0.25, 0.3) is 0 Å². The van der Waals surface area contributed by atoms with E-state index in [9.17, 15) is 0 Å². The summed E-state index contributed by atoms with van der Waals surface area (Å²) in [4.78, 5) is 4.88. The van der Waals surface area contributed by atoms with Gasteiger partial charge >= 0.3 is 84.9 Å². The number of hydrogen-bond donors (Lipinski definition) is 0. The van der Waals surface area contributed by atoms with Gasteiger partial charge in [-0.25, -0.2) is 0 Å². The number of aryl methyl sites for hydroxylation is 1. The van der Waals surface area contributed by atoms with Crippen molar-refractivity contribution in [2.45, 2.75) is 66.5 Å². The first-order valence-electron chi connectivity index (χ1n) is 8.35. The first-order chi connectivity index (χ1) is 10.2. The molecule has 0 aromatic heterocycles. The Morgan fingerprint density at radius 3 is 1.42 bits per heavy atom. The molecule has 0 bridgehead atoms. The van der Waals surface area contributed by atoms with Gasteiger partial charge in [-0.1, -0.05) is 43.7 Å². The van der Waals surface area contributed by atoms with E-state index in [1.807, 2.05) is 0 Å². The molecule has 0 amide bonds. The molecule has 1 heterocycles. The Morgan fingerprint density at radius 1 is 0.792 bits per heavy atom. The van der Waals surface area contributed by atoms with Crippen molar-refractivity contribution in [2.75, 3.05) is 13.1 Å². The molecule has 1 saturated heterocycles. The average Bonchev–Trinajstić information content (AvgIpc) is 2.82. The Hall–Kier alpha value is 0.213. The van der Waals surface area contributed by atoms with Gasteiger partial charge in [-0.05, 0) is 18.4 Å². The van der Waals surface area contributed by atoms with E-state index in [1.54, 1.807) is 0 Å². The molecule has 1 aromatic rings. The molecule has 0 atom stereocenters. The Labute approximate surface area is 171 Å². The van der Waals surface area contributed by atoms with E-state index < -0.39 is 0 Å². The third kappa shape index (κ3) is 8.06. The fourth-order valence-electron chi connectivity index (χ4n) is 2.44. The summed E-state index contributed by atoms with van der Waals surface area (Å²) in [6.07, 6.45) is 0. The van der Waals surface area contributed by atoms with Crippen molar-refractivity contribution < 1.29 is 42.7 Å². The van der Waals surface area contributed by atoms with Crippen LogP contribution in [-0.2, 0) is 17.9 Å². The second kappa shape index (κ2) is 12.5. The van der Waals surface area contributed by atoms with Gasteiger partial charge < -0.3 is 24.8 Å². The summed E-state index contributed by atoms with van der Waals surface area (Å²) in [5.74, 6) is 0.653. The summed E-state index contributed by atoms with van der Waals surface area (Å²) in [7, 11) is 0. The molecule has 0 spiro atoms. The molecular weight excluding hydrogens is 428 g/mol. The zero-order valence-electron chi connectivity index (χ0n) is 16.0. The largest absolute Gasteiger partial charge is 1.00 e. The number of hydrogen-bond acceptors (Lipinski definition) is 2. The summed E-state index contributed by atoms with van der Waals surface area (Å²) < 4.78 is 1.37. The fourth-order valence-corrected chi connectivity index (χ4v) is 3.73. The quantitative estimate of drug-likeness (QED) is 0.491. The van der Waals surface area contributed by atoms with Crippen LogP contribution < -0.4 is 24.8 Å². The van der Waals surface area contributed by atoms with Crippen LogP contribution in [0.3, 0.4) is 0 Å². The summed E-state index contributed by atoms with van der Waals surface area (Å²) in [5, 5.41) is 0. The first kappa shape index (κ1) is 26.4. The van der Waals surface area contributed by atoms with Crippen LogP contribution in [0.2, 0.25) is 0 Å². The van der Waals surface area contributed by atoms with Crippen LogP contribution in [-0.4, -0.2) is 39.3 Å². The molecule has 1 aliphatic rings. The van der Waals surface area contributed by atoms with Gasteiger partial charge in [0.25, 0.3) is 0 Å². The molecule has 5 heteroatoms. The zero-order valence-corrected chi connectivity index (χ0v) is 19.2. The third-order valence-corrected chi connectivity index (χ3v) is 5.03. The molecule has 2 nitrogen and oxygen atoms in total. The van der Waals surface area contributed by atoms with Crippen molar-refractivity contribution >= 4 is 4.35 Å². The zero-order chi connectivity index (χ0) is 16.9. The molecule has 140 valence electrons. The molecule has 0 aliphatic carbocycles. The smallest absolute Gasteiger partial charge is 0.0219 e. The predicted octanol–water partition coefficient (Wildman–Crippen LogP) is -1.82. The second-order valence-electron chi connectivity index (χ2n) is 6.90. The van der Waals surface area contributed by atoms with Gasteiger partial charge in [-0.15, -0.1) is 0 Å². The third-order valence-electron chi connectivity index (χ3n) is 4.03. The van der Waals surface area contributed by atoms with Gasteiger partial charge in [-0.2, -0.15) is 0 Å². The van der Waals surface area contributed by atoms with Gasteiger partial charge in [-0.3, -0.25) is 0 Å². The van der Waals surface area contributed by atoms with E-state index in [0.717, 1.165) is 0 Å². The molecule has 2 rings (SSSR count). The van der Waals surface area contributed by atoms with Gasteiger partial charge in [0, 0.05) is 0 Å². The van der Waals surface area contributed by atoms with E-state index in [-0.39, 0.29) is 24.8 Å². The van der Waals surface area contributed by atoms with Crippen molar-refractivity contribution in [3.8, 4) is 0 Å². The van der Waals surface area contributed by atoms with Crippen LogP contribution in [0, 0.1) is 6.92 Å². The van der Waals surface area contributed by atoms with Gasteiger partial charge in [0.1, 0.15) is 0 Å². The average molecular weight is 460 g/mol. The Balaban J connectivity index is 0. The van der Waals surface area contributed by atoms with Crippen LogP contribution in [0.1, 0.15) is 58.6 Å². The second-order valence-corrected chi connectivity index (χ2v) is 7.68. The molecule has 1 fully saturated rings. The van der Waals surface area contributed by atoms with Crippen LogP contribution in [0.4, 0.5) is 0 Å². The normalized spacial score (nSPS) is 15.2. The van der Waals surface area contributed by atoms with Crippen molar-refractivity contribution in [1.82, 2.24) is 9.80 Å². The maximum atomic E-state index is 2.76. The van der Waals surface area contributed by atoms with E-state index in [1.165, 1.54) is 28.6 Å². The Morgan fingerprint density at radius 2 is 1.17 bits per heavy atom. The monoisotopic (exact) mass is 460 g/mol. The van der Waals surface area contributed by atoms with Crippen molar-refractivity contribution in [2.24, 2.45) is 0 Å². The first-order valence-corrected chi connectivity index (χ1v) is 9.22. The molecule has 1 aromatic carbocycles. The molecule has 0 unspecified atom stereocenters. The van der Waals surface area contributed by atoms with Crippen LogP contribution in [0.5, 0.6) is 0 Å². The van der Waals surface area contributed by atoms with Crippen molar-refractivity contribution in [1.29, 1.82) is 0 Å². The van der Waals surface area contributed by atoms with Gasteiger partial charge in [0.15, 0.2) is 0 Å². The molecular formula is C19H32Cl2N2Ru. The van der Waals surface area contributed by atoms with E-state index in [2.05, 4.69) is 100 Å². The van der Waals surface area contributed by atoms with E-state index in [4.69, 9.17) is 0 Å². The van der Waals surface area contributed by atoms with E-state index in [0.29, 0.717) is 18.0 Å². The van der Waals surface area contributed by atoms with E-state index >= 15 is 0 Å². The molecule has 0 radical (unpaired) electrons. The molecule has 0 N–H and O–H groups in total. The maximum Gasteiger partial charge on any atom is -0.0219 e. The summed E-state index contributed by atoms with van der Waals surface area (Å²) in [5.41, 5.74) is 2.76. The number of nitrogens with zero attached hydrogens (tertiary/aromatic N) is 2. The molecule has 1 aliphatic heterocycles. The Kier molecular flexibility index (Phi) is 13.8. The van der Waals surface area contributed by atoms with Crippen molar-refractivity contribution in [3.63, 3.8) is 0 Å². The van der Waals surface area contributed by atoms with Gasteiger partial charge in [0.2, 0.25) is 0 Å². The summed E-state index contributed by atoms with van der Waals surface area (Å²) in [6.45, 7) is 17.9. The maximum absolute atomic E-state index is 2.76. The van der Waals surface area contributed by atoms with Gasteiger partial charge in [0.05, 0.1) is 0 Å². The minimum atomic E-state index is 0.